The number of carbonyl (C=O) groups is 4. The van der Waals surface area contributed by atoms with Crippen LogP contribution >= 0.6 is 0 Å². The number of fused-ring (bicyclic) bond motifs is 2. The molecule has 9 heteroatoms. The van der Waals surface area contributed by atoms with Crippen LogP contribution in [0.25, 0.3) is 5.57 Å². The van der Waals surface area contributed by atoms with E-state index in [4.69, 9.17) is 5.73 Å². The molecule has 3 aromatic carbocycles. The standard InChI is InChI=1S/C29H25N3O6/c30-19-8-7-18-13-26(34)32(28(36)22(18)14-19)20-9-5-16(6-10-20)11-25(29(37)38)31-27(35)23-12-17-3-1-2-4-21(17)24(23)15-33/h1-10,14,25,33H,11-13,15,30H2,(H,31,35)(H,37,38). The fraction of sp³-hybridized carbons (Fsp3) is 0.172. The van der Waals surface area contributed by atoms with Crippen molar-refractivity contribution in [3.05, 3.63) is 100 Å². The molecule has 0 bridgehead atoms. The number of carbonyl (C=O) groups excluding carboxylic acids is 3. The van der Waals surface area contributed by atoms with Gasteiger partial charge in [-0.3, -0.25) is 14.4 Å². The van der Waals surface area contributed by atoms with E-state index in [-0.39, 0.29) is 25.4 Å². The van der Waals surface area contributed by atoms with E-state index in [1.54, 1.807) is 42.5 Å². The molecule has 2 aliphatic rings. The Morgan fingerprint density at radius 3 is 2.37 bits per heavy atom. The van der Waals surface area contributed by atoms with Gasteiger partial charge in [0.25, 0.3) is 5.91 Å². The number of nitrogens with two attached hydrogens (primary N) is 1. The number of carboxylic acids is 1. The zero-order chi connectivity index (χ0) is 27.0. The summed E-state index contributed by atoms with van der Waals surface area (Å²) in [5.41, 5.74) is 10.7. The monoisotopic (exact) mass is 511 g/mol. The van der Waals surface area contributed by atoms with Crippen LogP contribution in [0.4, 0.5) is 11.4 Å². The first-order valence-electron chi connectivity index (χ1n) is 12.1. The van der Waals surface area contributed by atoms with E-state index in [0.29, 0.717) is 45.6 Å². The van der Waals surface area contributed by atoms with E-state index in [0.717, 1.165) is 16.0 Å². The minimum atomic E-state index is -1.22. The number of anilines is 2. The van der Waals surface area contributed by atoms with E-state index in [2.05, 4.69) is 5.32 Å². The Labute approximate surface area is 218 Å². The van der Waals surface area contributed by atoms with Crippen LogP contribution in [0.5, 0.6) is 0 Å². The summed E-state index contributed by atoms with van der Waals surface area (Å²) < 4.78 is 0. The van der Waals surface area contributed by atoms with Crippen LogP contribution in [-0.4, -0.2) is 46.6 Å². The van der Waals surface area contributed by atoms with E-state index in [1.165, 1.54) is 0 Å². The van der Waals surface area contributed by atoms with Crippen LogP contribution < -0.4 is 16.0 Å². The highest BCUT2D eigenvalue weighted by molar-refractivity contribution is 6.24. The third kappa shape index (κ3) is 4.55. The molecule has 5 N–H and O–H groups in total. The third-order valence-corrected chi connectivity index (χ3v) is 6.90. The lowest BCUT2D eigenvalue weighted by atomic mass is 9.97. The van der Waals surface area contributed by atoms with Crippen LogP contribution in [0.1, 0.15) is 32.6 Å². The quantitative estimate of drug-likeness (QED) is 0.280. The maximum atomic E-state index is 13.0. The normalized spacial score (nSPS) is 15.2. The lowest BCUT2D eigenvalue weighted by Gasteiger charge is -2.27. The lowest BCUT2D eigenvalue weighted by molar-refractivity contribution is -0.141. The van der Waals surface area contributed by atoms with E-state index in [1.807, 2.05) is 24.3 Å². The third-order valence-electron chi connectivity index (χ3n) is 6.90. The van der Waals surface area contributed by atoms with E-state index >= 15 is 0 Å². The average molecular weight is 512 g/mol. The molecule has 3 amide bonds. The zero-order valence-electron chi connectivity index (χ0n) is 20.3. The Kier molecular flexibility index (Phi) is 6.52. The number of nitrogens with one attached hydrogen (secondary N) is 1. The van der Waals surface area contributed by atoms with Crippen molar-refractivity contribution < 1.29 is 29.4 Å². The number of aliphatic hydroxyl groups excluding tert-OH is 1. The Bertz CT molecular complexity index is 1510. The van der Waals surface area contributed by atoms with Gasteiger partial charge in [-0.1, -0.05) is 42.5 Å². The number of hydrogen-bond acceptors (Lipinski definition) is 6. The molecule has 1 atom stereocenters. The summed E-state index contributed by atoms with van der Waals surface area (Å²) in [6, 6.07) is 17.4. The highest BCUT2D eigenvalue weighted by Crippen LogP contribution is 2.32. The summed E-state index contributed by atoms with van der Waals surface area (Å²) in [6.07, 6.45) is 0.356. The minimum absolute atomic E-state index is 0.0166. The number of rotatable bonds is 7. The fourth-order valence-corrected chi connectivity index (χ4v) is 4.97. The Morgan fingerprint density at radius 1 is 0.947 bits per heavy atom. The molecular weight excluding hydrogens is 486 g/mol. The van der Waals surface area contributed by atoms with Gasteiger partial charge in [0.1, 0.15) is 6.04 Å². The highest BCUT2D eigenvalue weighted by atomic mass is 16.4. The number of imide groups is 1. The van der Waals surface area contributed by atoms with Gasteiger partial charge in [0, 0.05) is 29.7 Å². The summed E-state index contributed by atoms with van der Waals surface area (Å²) in [4.78, 5) is 51.8. The largest absolute Gasteiger partial charge is 0.480 e. The van der Waals surface area contributed by atoms with Gasteiger partial charge in [-0.05, 0) is 52.1 Å². The number of carboxylic acid groups (broad SMARTS) is 1. The number of aliphatic carboxylic acids is 1. The molecule has 5 rings (SSSR count). The first-order valence-corrected chi connectivity index (χ1v) is 12.1. The molecule has 0 spiro atoms. The maximum absolute atomic E-state index is 13.0. The topological polar surface area (TPSA) is 150 Å². The summed E-state index contributed by atoms with van der Waals surface area (Å²) in [5, 5.41) is 22.2. The molecule has 0 saturated heterocycles. The molecule has 0 fully saturated rings. The van der Waals surface area contributed by atoms with Gasteiger partial charge in [0.15, 0.2) is 0 Å². The maximum Gasteiger partial charge on any atom is 0.326 e. The second-order valence-corrected chi connectivity index (χ2v) is 9.31. The second kappa shape index (κ2) is 9.95. The van der Waals surface area contributed by atoms with Crippen LogP contribution in [0.2, 0.25) is 0 Å². The molecule has 1 aliphatic carbocycles. The van der Waals surface area contributed by atoms with Crippen LogP contribution in [-0.2, 0) is 33.6 Å². The van der Waals surface area contributed by atoms with Crippen LogP contribution in [0.3, 0.4) is 0 Å². The smallest absolute Gasteiger partial charge is 0.326 e. The summed E-state index contributed by atoms with van der Waals surface area (Å²) in [5.74, 6) is -2.60. The van der Waals surface area contributed by atoms with Gasteiger partial charge in [0.2, 0.25) is 11.8 Å². The first kappa shape index (κ1) is 24.9. The van der Waals surface area contributed by atoms with Gasteiger partial charge in [-0.2, -0.15) is 0 Å². The second-order valence-electron chi connectivity index (χ2n) is 9.31. The lowest BCUT2D eigenvalue weighted by Crippen LogP contribution is -2.43. The van der Waals surface area contributed by atoms with Crippen molar-refractivity contribution in [3.63, 3.8) is 0 Å². The van der Waals surface area contributed by atoms with Gasteiger partial charge in [0.05, 0.1) is 18.7 Å². The molecule has 1 aliphatic heterocycles. The van der Waals surface area contributed by atoms with Crippen molar-refractivity contribution in [3.8, 4) is 0 Å². The average Bonchev–Trinajstić information content (AvgIpc) is 3.28. The van der Waals surface area contributed by atoms with Gasteiger partial charge in [-0.25, -0.2) is 9.69 Å². The molecule has 1 heterocycles. The molecule has 192 valence electrons. The first-order chi connectivity index (χ1) is 18.3. The zero-order valence-corrected chi connectivity index (χ0v) is 20.3. The molecule has 0 saturated carbocycles. The SMILES string of the molecule is Nc1ccc2c(c1)C(=O)N(c1ccc(CC(NC(=O)C3=C(CO)c4ccccc4C3)C(=O)O)cc1)C(=O)C2. The fourth-order valence-electron chi connectivity index (χ4n) is 4.97. The van der Waals surface area contributed by atoms with Crippen molar-refractivity contribution >= 4 is 40.6 Å². The van der Waals surface area contributed by atoms with Crippen molar-refractivity contribution in [1.82, 2.24) is 5.32 Å². The van der Waals surface area contributed by atoms with Crippen molar-refractivity contribution in [1.29, 1.82) is 0 Å². The van der Waals surface area contributed by atoms with Crippen LogP contribution in [0, 0.1) is 0 Å². The van der Waals surface area contributed by atoms with Crippen molar-refractivity contribution in [2.24, 2.45) is 0 Å². The molecule has 3 aromatic rings. The number of aliphatic hydroxyl groups is 1. The van der Waals surface area contributed by atoms with Crippen molar-refractivity contribution in [2.45, 2.75) is 25.3 Å². The van der Waals surface area contributed by atoms with E-state index < -0.39 is 23.8 Å². The molecular formula is C29H25N3O6. The molecule has 9 nitrogen and oxygen atoms in total. The Hall–Kier alpha value is -4.76. The molecule has 0 radical (unpaired) electrons. The van der Waals surface area contributed by atoms with Gasteiger partial charge < -0.3 is 21.3 Å². The number of benzene rings is 3. The summed E-state index contributed by atoms with van der Waals surface area (Å²) >= 11 is 0. The molecule has 38 heavy (non-hydrogen) atoms. The molecule has 1 unspecified atom stereocenters. The Balaban J connectivity index is 1.31. The number of nitrogens with zero attached hydrogens (tertiary/aromatic N) is 1. The van der Waals surface area contributed by atoms with Crippen molar-refractivity contribution in [2.75, 3.05) is 17.2 Å². The highest BCUT2D eigenvalue weighted by Gasteiger charge is 2.33. The predicted molar refractivity (Wildman–Crippen MR) is 140 cm³/mol. The Morgan fingerprint density at radius 2 is 1.66 bits per heavy atom. The van der Waals surface area contributed by atoms with E-state index in [9.17, 15) is 29.4 Å². The number of amides is 3. The summed E-state index contributed by atoms with van der Waals surface area (Å²) in [6.45, 7) is -0.329. The predicted octanol–water partition coefficient (Wildman–Crippen LogP) is 2.11. The molecule has 0 aromatic heterocycles. The minimum Gasteiger partial charge on any atom is -0.480 e. The van der Waals surface area contributed by atoms with Gasteiger partial charge in [-0.15, -0.1) is 0 Å². The number of nitrogen functional groups attached to an aromatic ring is 1. The number of hydrogen-bond donors (Lipinski definition) is 4. The van der Waals surface area contributed by atoms with Gasteiger partial charge >= 0.3 is 5.97 Å². The summed E-state index contributed by atoms with van der Waals surface area (Å²) in [7, 11) is 0. The van der Waals surface area contributed by atoms with Crippen LogP contribution in [0.15, 0.2) is 72.3 Å².